The molecule has 1 heterocycles. The van der Waals surface area contributed by atoms with Crippen LogP contribution in [0.4, 0.5) is 0 Å². The fourth-order valence-electron chi connectivity index (χ4n) is 2.14. The molecule has 0 spiro atoms. The summed E-state index contributed by atoms with van der Waals surface area (Å²) in [6, 6.07) is 16.2. The van der Waals surface area contributed by atoms with E-state index in [0.717, 1.165) is 22.9 Å². The maximum atomic E-state index is 9.72. The molecule has 1 aromatic heterocycles. The van der Waals surface area contributed by atoms with E-state index in [4.69, 9.17) is 0 Å². The lowest BCUT2D eigenvalue weighted by Crippen LogP contribution is -2.26. The van der Waals surface area contributed by atoms with Crippen molar-refractivity contribution in [1.29, 1.82) is 5.26 Å². The van der Waals surface area contributed by atoms with Crippen molar-refractivity contribution in [2.24, 2.45) is 0 Å². The van der Waals surface area contributed by atoms with Crippen LogP contribution in [0.15, 0.2) is 54.9 Å². The Bertz CT molecular complexity index is 492. The van der Waals surface area contributed by atoms with E-state index >= 15 is 0 Å². The van der Waals surface area contributed by atoms with E-state index < -0.39 is 5.41 Å². The van der Waals surface area contributed by atoms with Gasteiger partial charge in [0, 0.05) is 17.7 Å². The number of alkyl halides is 1. The summed E-state index contributed by atoms with van der Waals surface area (Å²) in [4.78, 5) is 4.03. The molecule has 0 aliphatic rings. The summed E-state index contributed by atoms with van der Waals surface area (Å²) in [5.74, 6) is 0. The largest absolute Gasteiger partial charge is 0.265 e. The maximum Gasteiger partial charge on any atom is 0.108 e. The van der Waals surface area contributed by atoms with Gasteiger partial charge in [0.15, 0.2) is 0 Å². The number of rotatable bonds is 4. The molecule has 18 heavy (non-hydrogen) atoms. The van der Waals surface area contributed by atoms with Crippen LogP contribution in [0.5, 0.6) is 0 Å². The van der Waals surface area contributed by atoms with Gasteiger partial charge in [0.2, 0.25) is 0 Å². The van der Waals surface area contributed by atoms with Crippen molar-refractivity contribution >= 4 is 15.9 Å². The fourth-order valence-corrected chi connectivity index (χ4v) is 2.74. The predicted molar refractivity (Wildman–Crippen MR) is 75.5 cm³/mol. The summed E-state index contributed by atoms with van der Waals surface area (Å²) in [6.07, 6.45) is 4.20. The minimum Gasteiger partial charge on any atom is -0.265 e. The molecule has 0 aliphatic heterocycles. The molecule has 1 atom stereocenters. The number of hydrogen-bond acceptors (Lipinski definition) is 2. The van der Waals surface area contributed by atoms with Gasteiger partial charge in [0.1, 0.15) is 5.41 Å². The monoisotopic (exact) mass is 300 g/mol. The molecule has 90 valence electrons. The van der Waals surface area contributed by atoms with Gasteiger partial charge in [-0.1, -0.05) is 46.3 Å². The van der Waals surface area contributed by atoms with Gasteiger partial charge in [0.25, 0.3) is 0 Å². The van der Waals surface area contributed by atoms with Gasteiger partial charge in [-0.25, -0.2) is 0 Å². The Hall–Kier alpha value is -1.66. The van der Waals surface area contributed by atoms with E-state index in [-0.39, 0.29) is 0 Å². The molecule has 0 fully saturated rings. The summed E-state index contributed by atoms with van der Waals surface area (Å²) < 4.78 is 0. The molecule has 0 radical (unpaired) electrons. The van der Waals surface area contributed by atoms with Gasteiger partial charge in [-0.3, -0.25) is 4.98 Å². The molecule has 0 amide bonds. The fraction of sp³-hybridized carbons (Fsp3) is 0.200. The molecule has 1 unspecified atom stereocenters. The molecule has 0 bridgehead atoms. The number of halogens is 1. The number of pyridine rings is 1. The summed E-state index contributed by atoms with van der Waals surface area (Å²) >= 11 is 3.45. The Morgan fingerprint density at radius 2 is 1.67 bits per heavy atom. The summed E-state index contributed by atoms with van der Waals surface area (Å²) in [6.45, 7) is 0. The van der Waals surface area contributed by atoms with Crippen LogP contribution in [0.3, 0.4) is 0 Å². The van der Waals surface area contributed by atoms with E-state index in [1.54, 1.807) is 12.4 Å². The highest BCUT2D eigenvalue weighted by Gasteiger charge is 2.33. The van der Waals surface area contributed by atoms with Gasteiger partial charge in [0.05, 0.1) is 6.07 Å². The molecule has 2 aromatic rings. The van der Waals surface area contributed by atoms with E-state index in [1.165, 1.54) is 0 Å². The van der Waals surface area contributed by atoms with Crippen LogP contribution in [0.2, 0.25) is 0 Å². The molecule has 2 rings (SSSR count). The lowest BCUT2D eigenvalue weighted by molar-refractivity contribution is 0.639. The third kappa shape index (κ3) is 2.30. The van der Waals surface area contributed by atoms with Crippen molar-refractivity contribution in [3.63, 3.8) is 0 Å². The lowest BCUT2D eigenvalue weighted by Gasteiger charge is -2.27. The zero-order valence-corrected chi connectivity index (χ0v) is 11.5. The van der Waals surface area contributed by atoms with Crippen LogP contribution in [0.1, 0.15) is 17.5 Å². The average Bonchev–Trinajstić information content (AvgIpc) is 2.47. The Labute approximate surface area is 115 Å². The van der Waals surface area contributed by atoms with Crippen LogP contribution in [0.25, 0.3) is 0 Å². The first-order chi connectivity index (χ1) is 8.83. The van der Waals surface area contributed by atoms with Crippen LogP contribution < -0.4 is 0 Å². The minimum atomic E-state index is -0.603. The summed E-state index contributed by atoms with van der Waals surface area (Å²) in [5.41, 5.74) is 1.41. The Morgan fingerprint density at radius 1 is 1.06 bits per heavy atom. The normalized spacial score (nSPS) is 13.6. The first-order valence-electron chi connectivity index (χ1n) is 5.77. The maximum absolute atomic E-state index is 9.72. The highest BCUT2D eigenvalue weighted by molar-refractivity contribution is 9.09. The first-order valence-corrected chi connectivity index (χ1v) is 6.89. The zero-order valence-electron chi connectivity index (χ0n) is 9.88. The molecule has 3 heteroatoms. The molecular formula is C15H13BrN2. The number of hydrogen-bond donors (Lipinski definition) is 0. The molecular weight excluding hydrogens is 288 g/mol. The molecule has 0 aliphatic carbocycles. The standard InChI is InChI=1S/C15H13BrN2/c16-9-8-15(12-17,13-4-2-1-3-5-13)14-6-10-18-11-7-14/h1-7,10-11H,8-9H2. The highest BCUT2D eigenvalue weighted by atomic mass is 79.9. The second-order valence-corrected chi connectivity index (χ2v) is 4.85. The Kier molecular flexibility index (Phi) is 4.11. The summed E-state index contributed by atoms with van der Waals surface area (Å²) in [5, 5.41) is 10.5. The third-order valence-corrected chi connectivity index (χ3v) is 3.50. The number of benzene rings is 1. The topological polar surface area (TPSA) is 36.7 Å². The summed E-state index contributed by atoms with van der Waals surface area (Å²) in [7, 11) is 0. The van der Waals surface area contributed by atoms with Crippen molar-refractivity contribution in [1.82, 2.24) is 4.98 Å². The van der Waals surface area contributed by atoms with Crippen molar-refractivity contribution < 1.29 is 0 Å². The van der Waals surface area contributed by atoms with Crippen LogP contribution >= 0.6 is 15.9 Å². The molecule has 0 saturated heterocycles. The van der Waals surface area contributed by atoms with Gasteiger partial charge < -0.3 is 0 Å². The minimum absolute atomic E-state index is 0.603. The highest BCUT2D eigenvalue weighted by Crippen LogP contribution is 2.35. The second kappa shape index (κ2) is 5.79. The zero-order chi connectivity index (χ0) is 12.8. The van der Waals surface area contributed by atoms with E-state index in [0.29, 0.717) is 0 Å². The SMILES string of the molecule is N#CC(CCBr)(c1ccccc1)c1ccncc1. The predicted octanol–water partition coefficient (Wildman–Crippen LogP) is 3.68. The van der Waals surface area contributed by atoms with Gasteiger partial charge >= 0.3 is 0 Å². The van der Waals surface area contributed by atoms with Gasteiger partial charge in [-0.2, -0.15) is 5.26 Å². The number of nitrogens with zero attached hydrogens (tertiary/aromatic N) is 2. The molecule has 0 saturated carbocycles. The average molecular weight is 301 g/mol. The van der Waals surface area contributed by atoms with E-state index in [9.17, 15) is 5.26 Å². The van der Waals surface area contributed by atoms with Gasteiger partial charge in [-0.15, -0.1) is 0 Å². The number of aromatic nitrogens is 1. The van der Waals surface area contributed by atoms with Crippen molar-refractivity contribution in [2.45, 2.75) is 11.8 Å². The van der Waals surface area contributed by atoms with Crippen LogP contribution in [-0.4, -0.2) is 10.3 Å². The quantitative estimate of drug-likeness (QED) is 0.808. The Morgan fingerprint density at radius 3 is 2.22 bits per heavy atom. The molecule has 0 N–H and O–H groups in total. The van der Waals surface area contributed by atoms with E-state index in [1.807, 2.05) is 42.5 Å². The third-order valence-electron chi connectivity index (χ3n) is 3.10. The van der Waals surface area contributed by atoms with E-state index in [2.05, 4.69) is 27.0 Å². The first kappa shape index (κ1) is 12.8. The lowest BCUT2D eigenvalue weighted by atomic mass is 9.74. The second-order valence-electron chi connectivity index (χ2n) is 4.06. The van der Waals surface area contributed by atoms with Crippen molar-refractivity contribution in [3.05, 3.63) is 66.0 Å². The van der Waals surface area contributed by atoms with Crippen LogP contribution in [-0.2, 0) is 5.41 Å². The smallest absolute Gasteiger partial charge is 0.108 e. The Balaban J connectivity index is 2.58. The molecule has 1 aromatic carbocycles. The van der Waals surface area contributed by atoms with Gasteiger partial charge in [-0.05, 0) is 29.7 Å². The van der Waals surface area contributed by atoms with Crippen molar-refractivity contribution in [2.75, 3.05) is 5.33 Å². The van der Waals surface area contributed by atoms with Crippen LogP contribution in [0, 0.1) is 11.3 Å². The molecule has 2 nitrogen and oxygen atoms in total. The van der Waals surface area contributed by atoms with Crippen molar-refractivity contribution in [3.8, 4) is 6.07 Å². The number of nitriles is 1.